The van der Waals surface area contributed by atoms with Gasteiger partial charge in [0.15, 0.2) is 0 Å². The Hall–Kier alpha value is 1.38. The fraction of sp³-hybridized carbons (Fsp3) is 1.00. The highest BCUT2D eigenvalue weighted by Crippen LogP contribution is 2.67. The van der Waals surface area contributed by atoms with E-state index >= 15 is 0 Å². The Morgan fingerprint density at radius 2 is 1.18 bits per heavy atom. The second-order valence-electron chi connectivity index (χ2n) is 14.5. The third-order valence-corrected chi connectivity index (χ3v) is 13.4. The predicted octanol–water partition coefficient (Wildman–Crippen LogP) is 0.255. The molecule has 0 bridgehead atoms. The monoisotopic (exact) mass is 682 g/mol. The molecule has 0 aromatic carbocycles. The van der Waals surface area contributed by atoms with Crippen LogP contribution in [0.3, 0.4) is 0 Å². The number of fused-ring (bicyclic) bond motifs is 5. The van der Waals surface area contributed by atoms with E-state index < -0.39 is 0 Å². The molecule has 4 saturated carbocycles. The number of halogens is 2. The van der Waals surface area contributed by atoms with Crippen LogP contribution in [0.25, 0.3) is 0 Å². The first kappa shape index (κ1) is 27.4. The smallest absolute Gasteiger partial charge is 0.0945 e. The number of quaternary nitrogens is 2. The molecule has 2 saturated heterocycles. The molecular weight excluding hydrogens is 630 g/mol. The molecule has 0 unspecified atom stereocenters. The lowest BCUT2D eigenvalue weighted by Gasteiger charge is -2.62. The molecule has 33 heavy (non-hydrogen) atoms. The average molecular weight is 683 g/mol. The van der Waals surface area contributed by atoms with Gasteiger partial charge in [-0.15, -0.1) is 0 Å². The van der Waals surface area contributed by atoms with Crippen molar-refractivity contribution in [1.29, 1.82) is 0 Å². The summed E-state index contributed by atoms with van der Waals surface area (Å²) in [6.45, 7) is 11.5. The molecule has 6 fully saturated rings. The van der Waals surface area contributed by atoms with Crippen molar-refractivity contribution in [3.63, 3.8) is 0 Å². The SMILES string of the molecule is C[C@]12CC[C@@H]([N+]3(C)CCCC3)C[C@H]1CC[C@@H]1[C@@H]2CC[C@@]2(C)[C@H]1CC[C@@H]2[N+]1(C)CCCC1.[I-].[I-]. The van der Waals surface area contributed by atoms with Gasteiger partial charge in [0.2, 0.25) is 0 Å². The Bertz CT molecular complexity index is 700. The van der Waals surface area contributed by atoms with E-state index in [1.54, 1.807) is 51.4 Å². The molecule has 0 aromatic rings. The van der Waals surface area contributed by atoms with Gasteiger partial charge in [-0.05, 0) is 74.0 Å². The van der Waals surface area contributed by atoms with Gasteiger partial charge in [-0.3, -0.25) is 0 Å². The lowest BCUT2D eigenvalue weighted by Crippen LogP contribution is -3.00. The van der Waals surface area contributed by atoms with Gasteiger partial charge in [-0.25, -0.2) is 0 Å². The van der Waals surface area contributed by atoms with Gasteiger partial charge in [0.05, 0.1) is 52.4 Å². The Kier molecular flexibility index (Phi) is 7.98. The first-order chi connectivity index (χ1) is 14.8. The maximum atomic E-state index is 2.79. The van der Waals surface area contributed by atoms with E-state index in [1.165, 1.54) is 67.2 Å². The van der Waals surface area contributed by atoms with E-state index in [0.29, 0.717) is 10.8 Å². The van der Waals surface area contributed by atoms with Crippen molar-refractivity contribution < 1.29 is 56.9 Å². The van der Waals surface area contributed by atoms with Gasteiger partial charge in [0, 0.05) is 43.9 Å². The number of rotatable bonds is 2. The van der Waals surface area contributed by atoms with Crippen molar-refractivity contribution in [3.05, 3.63) is 0 Å². The van der Waals surface area contributed by atoms with Gasteiger partial charge in [-0.2, -0.15) is 0 Å². The molecule has 2 aliphatic heterocycles. The fourth-order valence-electron chi connectivity index (χ4n) is 11.6. The highest BCUT2D eigenvalue weighted by molar-refractivity contribution is 5.10. The highest BCUT2D eigenvalue weighted by atomic mass is 127. The second-order valence-corrected chi connectivity index (χ2v) is 14.5. The van der Waals surface area contributed by atoms with Crippen LogP contribution in [0.4, 0.5) is 0 Å². The largest absolute Gasteiger partial charge is 1.00 e. The molecule has 2 heterocycles. The standard InChI is InChI=1S/C29H52N2.2HI/c1-28-15-13-23(30(3)17-5-6-18-30)21-22(28)9-10-24-25-11-12-27(31(4)19-7-8-20-31)29(25,2)16-14-26(24)28;;/h22-27H,5-21H2,1-4H3;2*1H/q+2;;/p-2/t22-,23-,24+,25+,26+,27+,28+,29+;;/m1../s1. The highest BCUT2D eigenvalue weighted by Gasteiger charge is 2.64. The first-order valence-corrected chi connectivity index (χ1v) is 14.5. The topological polar surface area (TPSA) is 0 Å². The van der Waals surface area contributed by atoms with Crippen molar-refractivity contribution in [2.75, 3.05) is 40.3 Å². The van der Waals surface area contributed by atoms with Crippen LogP contribution < -0.4 is 48.0 Å². The van der Waals surface area contributed by atoms with Gasteiger partial charge >= 0.3 is 0 Å². The first-order valence-electron chi connectivity index (χ1n) is 14.5. The summed E-state index contributed by atoms with van der Waals surface area (Å²) < 4.78 is 2.86. The Labute approximate surface area is 239 Å². The van der Waals surface area contributed by atoms with Crippen molar-refractivity contribution in [1.82, 2.24) is 0 Å². The maximum absolute atomic E-state index is 2.79. The average Bonchev–Trinajstić information content (AvgIpc) is 3.46. The van der Waals surface area contributed by atoms with E-state index in [0.717, 1.165) is 35.8 Å². The van der Waals surface area contributed by atoms with E-state index in [4.69, 9.17) is 0 Å². The van der Waals surface area contributed by atoms with Crippen LogP contribution in [0.1, 0.15) is 97.3 Å². The van der Waals surface area contributed by atoms with Crippen LogP contribution in [-0.2, 0) is 0 Å². The van der Waals surface area contributed by atoms with Crippen LogP contribution in [0.15, 0.2) is 0 Å². The van der Waals surface area contributed by atoms with E-state index in [-0.39, 0.29) is 48.0 Å². The van der Waals surface area contributed by atoms with E-state index in [9.17, 15) is 0 Å². The summed E-state index contributed by atoms with van der Waals surface area (Å²) in [4.78, 5) is 0. The minimum absolute atomic E-state index is 0. The van der Waals surface area contributed by atoms with Crippen LogP contribution in [0.2, 0.25) is 0 Å². The molecule has 0 amide bonds. The Morgan fingerprint density at radius 3 is 1.85 bits per heavy atom. The van der Waals surface area contributed by atoms with Crippen LogP contribution in [-0.4, -0.2) is 61.3 Å². The van der Waals surface area contributed by atoms with Crippen molar-refractivity contribution in [2.24, 2.45) is 34.5 Å². The summed E-state index contributed by atoms with van der Waals surface area (Å²) in [5, 5.41) is 0. The molecule has 6 aliphatic rings. The van der Waals surface area contributed by atoms with Gasteiger partial charge in [0.1, 0.15) is 0 Å². The number of nitrogens with zero attached hydrogens (tertiary/aromatic N) is 2. The minimum Gasteiger partial charge on any atom is -1.00 e. The summed E-state index contributed by atoms with van der Waals surface area (Å²) in [5.41, 5.74) is 1.32. The maximum Gasteiger partial charge on any atom is 0.0945 e. The number of likely N-dealkylation sites (tertiary alicyclic amines) is 2. The molecular formula is C29H52I2N2. The zero-order valence-corrected chi connectivity index (χ0v) is 26.5. The minimum atomic E-state index is 0. The Balaban J connectivity index is 0.00000130. The summed E-state index contributed by atoms with van der Waals surface area (Å²) in [6, 6.07) is 1.96. The molecule has 2 nitrogen and oxygen atoms in total. The second kappa shape index (κ2) is 9.60. The number of hydrogen-bond acceptors (Lipinski definition) is 0. The zero-order chi connectivity index (χ0) is 21.5. The summed E-state index contributed by atoms with van der Waals surface area (Å²) in [5.74, 6) is 4.20. The zero-order valence-electron chi connectivity index (χ0n) is 22.1. The van der Waals surface area contributed by atoms with Crippen molar-refractivity contribution in [2.45, 2.75) is 109 Å². The summed E-state index contributed by atoms with van der Waals surface area (Å²) in [7, 11) is 5.25. The molecule has 0 spiro atoms. The molecule has 0 aromatic heterocycles. The predicted molar refractivity (Wildman–Crippen MR) is 130 cm³/mol. The molecule has 0 radical (unpaired) electrons. The van der Waals surface area contributed by atoms with Crippen LogP contribution in [0, 0.1) is 34.5 Å². The van der Waals surface area contributed by atoms with Gasteiger partial charge in [0.25, 0.3) is 0 Å². The molecule has 4 aliphatic carbocycles. The summed E-state index contributed by atoms with van der Waals surface area (Å²) in [6.07, 6.45) is 20.0. The molecule has 6 rings (SSSR count). The molecule has 0 N–H and O–H groups in total. The lowest BCUT2D eigenvalue weighted by atomic mass is 9.44. The van der Waals surface area contributed by atoms with Crippen LogP contribution in [0.5, 0.6) is 0 Å². The van der Waals surface area contributed by atoms with E-state index in [2.05, 4.69) is 27.9 Å². The van der Waals surface area contributed by atoms with Gasteiger partial charge in [-0.1, -0.05) is 13.8 Å². The fourth-order valence-corrected chi connectivity index (χ4v) is 11.6. The molecule has 4 heteroatoms. The van der Waals surface area contributed by atoms with Crippen LogP contribution >= 0.6 is 0 Å². The van der Waals surface area contributed by atoms with E-state index in [1.807, 2.05) is 0 Å². The third kappa shape index (κ3) is 4.11. The quantitative estimate of drug-likeness (QED) is 0.290. The summed E-state index contributed by atoms with van der Waals surface area (Å²) >= 11 is 0. The number of hydrogen-bond donors (Lipinski definition) is 0. The third-order valence-electron chi connectivity index (χ3n) is 13.4. The van der Waals surface area contributed by atoms with Crippen molar-refractivity contribution in [3.8, 4) is 0 Å². The molecule has 8 atom stereocenters. The lowest BCUT2D eigenvalue weighted by molar-refractivity contribution is -0.928. The van der Waals surface area contributed by atoms with Crippen molar-refractivity contribution >= 4 is 0 Å². The Morgan fingerprint density at radius 1 is 0.606 bits per heavy atom. The molecule has 192 valence electrons. The van der Waals surface area contributed by atoms with Gasteiger partial charge < -0.3 is 56.9 Å². The normalized spacial score (nSPS) is 49.8.